The summed E-state index contributed by atoms with van der Waals surface area (Å²) < 4.78 is 6.49. The van der Waals surface area contributed by atoms with E-state index in [1.807, 2.05) is 24.3 Å². The Hall–Kier alpha value is -2.13. The van der Waals surface area contributed by atoms with Gasteiger partial charge in [0.05, 0.1) is 12.0 Å². The second-order valence-corrected chi connectivity index (χ2v) is 7.44. The highest BCUT2D eigenvalue weighted by atomic mass is 32.1. The fourth-order valence-electron chi connectivity index (χ4n) is 3.75. The van der Waals surface area contributed by atoms with Crippen molar-refractivity contribution in [2.24, 2.45) is 0 Å². The number of benzene rings is 2. The van der Waals surface area contributed by atoms with Crippen molar-refractivity contribution in [1.82, 2.24) is 0 Å². The van der Waals surface area contributed by atoms with Gasteiger partial charge in [-0.15, -0.1) is 11.3 Å². The SMILES string of the molecule is COc1cccc(C(=O)c2sc3ccccc3c2C2CCCC2)c1. The van der Waals surface area contributed by atoms with Gasteiger partial charge in [-0.1, -0.05) is 43.2 Å². The highest BCUT2D eigenvalue weighted by Crippen LogP contribution is 2.44. The zero-order chi connectivity index (χ0) is 16.5. The second-order valence-electron chi connectivity index (χ2n) is 6.38. The molecule has 0 saturated heterocycles. The van der Waals surface area contributed by atoms with Crippen LogP contribution in [0, 0.1) is 0 Å². The van der Waals surface area contributed by atoms with Gasteiger partial charge in [0.1, 0.15) is 5.75 Å². The van der Waals surface area contributed by atoms with Crippen LogP contribution in [0.25, 0.3) is 10.1 Å². The average Bonchev–Trinajstić information content (AvgIpc) is 3.28. The van der Waals surface area contributed by atoms with E-state index >= 15 is 0 Å². The molecule has 3 aromatic rings. The molecule has 0 aliphatic heterocycles. The fourth-order valence-corrected chi connectivity index (χ4v) is 5.00. The lowest BCUT2D eigenvalue weighted by molar-refractivity contribution is 0.104. The molecule has 4 rings (SSSR count). The monoisotopic (exact) mass is 336 g/mol. The van der Waals surface area contributed by atoms with Crippen molar-refractivity contribution in [2.45, 2.75) is 31.6 Å². The molecule has 2 aromatic carbocycles. The molecule has 0 bridgehead atoms. The van der Waals surface area contributed by atoms with Crippen LogP contribution in [0.2, 0.25) is 0 Å². The maximum absolute atomic E-state index is 13.2. The molecule has 1 aromatic heterocycles. The third-order valence-electron chi connectivity index (χ3n) is 4.94. The first-order valence-electron chi connectivity index (χ1n) is 8.48. The molecule has 1 fully saturated rings. The molecule has 24 heavy (non-hydrogen) atoms. The molecule has 122 valence electrons. The van der Waals surface area contributed by atoms with Gasteiger partial charge in [-0.3, -0.25) is 4.79 Å². The van der Waals surface area contributed by atoms with Gasteiger partial charge in [-0.05, 0) is 47.9 Å². The van der Waals surface area contributed by atoms with Gasteiger partial charge in [0.2, 0.25) is 5.78 Å². The molecule has 3 heteroatoms. The molecule has 2 nitrogen and oxygen atoms in total. The Morgan fingerprint density at radius 3 is 2.67 bits per heavy atom. The molecule has 0 spiro atoms. The van der Waals surface area contributed by atoms with Crippen molar-refractivity contribution in [1.29, 1.82) is 0 Å². The summed E-state index contributed by atoms with van der Waals surface area (Å²) in [5.41, 5.74) is 1.99. The highest BCUT2D eigenvalue weighted by molar-refractivity contribution is 7.21. The number of methoxy groups -OCH3 is 1. The molecule has 1 saturated carbocycles. The van der Waals surface area contributed by atoms with E-state index in [0.29, 0.717) is 11.5 Å². The lowest BCUT2D eigenvalue weighted by Crippen LogP contribution is -2.05. The van der Waals surface area contributed by atoms with Crippen LogP contribution in [0.1, 0.15) is 52.4 Å². The summed E-state index contributed by atoms with van der Waals surface area (Å²) in [7, 11) is 1.63. The number of ether oxygens (including phenoxy) is 1. The first-order chi connectivity index (χ1) is 11.8. The van der Waals surface area contributed by atoms with Crippen LogP contribution in [0.3, 0.4) is 0 Å². The van der Waals surface area contributed by atoms with Crippen molar-refractivity contribution in [3.05, 3.63) is 64.5 Å². The molecular formula is C21H20O2S. The van der Waals surface area contributed by atoms with Crippen LogP contribution in [-0.4, -0.2) is 12.9 Å². The van der Waals surface area contributed by atoms with Gasteiger partial charge in [-0.25, -0.2) is 0 Å². The standard InChI is InChI=1S/C21H20O2S/c1-23-16-10-6-9-15(13-16)20(22)21-19(14-7-2-3-8-14)17-11-4-5-12-18(17)24-21/h4-6,9-14H,2-3,7-8H2,1H3. The quantitative estimate of drug-likeness (QED) is 0.563. The number of ketones is 1. The summed E-state index contributed by atoms with van der Waals surface area (Å²) in [5, 5.41) is 1.26. The molecule has 1 aliphatic rings. The Labute approximate surface area is 146 Å². The lowest BCUT2D eigenvalue weighted by Gasteiger charge is -2.12. The zero-order valence-corrected chi connectivity index (χ0v) is 14.6. The van der Waals surface area contributed by atoms with Crippen molar-refractivity contribution >= 4 is 27.2 Å². The largest absolute Gasteiger partial charge is 0.497 e. The fraction of sp³-hybridized carbons (Fsp3) is 0.286. The molecule has 0 radical (unpaired) electrons. The van der Waals surface area contributed by atoms with E-state index in [1.54, 1.807) is 18.4 Å². The molecule has 0 unspecified atom stereocenters. The normalized spacial score (nSPS) is 15.0. The van der Waals surface area contributed by atoms with Gasteiger partial charge in [-0.2, -0.15) is 0 Å². The number of hydrogen-bond donors (Lipinski definition) is 0. The van der Waals surface area contributed by atoms with E-state index in [2.05, 4.69) is 24.3 Å². The van der Waals surface area contributed by atoms with Crippen molar-refractivity contribution in [2.75, 3.05) is 7.11 Å². The second kappa shape index (κ2) is 6.40. The number of thiophene rings is 1. The lowest BCUT2D eigenvalue weighted by atomic mass is 9.92. The Kier molecular flexibility index (Phi) is 4.11. The predicted octanol–water partition coefficient (Wildman–Crippen LogP) is 5.80. The molecular weight excluding hydrogens is 316 g/mol. The first kappa shape index (κ1) is 15.4. The van der Waals surface area contributed by atoms with Crippen molar-refractivity contribution in [3.63, 3.8) is 0 Å². The number of carbonyl (C=O) groups excluding carboxylic acids is 1. The van der Waals surface area contributed by atoms with Gasteiger partial charge in [0.25, 0.3) is 0 Å². The van der Waals surface area contributed by atoms with Gasteiger partial charge in [0.15, 0.2) is 0 Å². The van der Waals surface area contributed by atoms with Crippen LogP contribution in [0.5, 0.6) is 5.75 Å². The van der Waals surface area contributed by atoms with Crippen LogP contribution in [0.4, 0.5) is 0 Å². The zero-order valence-electron chi connectivity index (χ0n) is 13.7. The average molecular weight is 336 g/mol. The number of rotatable bonds is 4. The van der Waals surface area contributed by atoms with Crippen molar-refractivity contribution in [3.8, 4) is 5.75 Å². The maximum Gasteiger partial charge on any atom is 0.203 e. The van der Waals surface area contributed by atoms with Crippen LogP contribution >= 0.6 is 11.3 Å². The summed E-state index contributed by atoms with van der Waals surface area (Å²) in [6.45, 7) is 0. The van der Waals surface area contributed by atoms with E-state index < -0.39 is 0 Å². The van der Waals surface area contributed by atoms with Crippen LogP contribution in [-0.2, 0) is 0 Å². The summed E-state index contributed by atoms with van der Waals surface area (Å²) in [6.07, 6.45) is 4.92. The van der Waals surface area contributed by atoms with E-state index in [-0.39, 0.29) is 5.78 Å². The molecule has 0 amide bonds. The third-order valence-corrected chi connectivity index (χ3v) is 6.12. The molecule has 1 aliphatic carbocycles. The number of fused-ring (bicyclic) bond motifs is 1. The Bertz CT molecular complexity index is 888. The summed E-state index contributed by atoms with van der Waals surface area (Å²) in [5.74, 6) is 1.37. The van der Waals surface area contributed by atoms with Crippen LogP contribution in [0.15, 0.2) is 48.5 Å². The molecule has 1 heterocycles. The van der Waals surface area contributed by atoms with Gasteiger partial charge >= 0.3 is 0 Å². The highest BCUT2D eigenvalue weighted by Gasteiger charge is 2.27. The summed E-state index contributed by atoms with van der Waals surface area (Å²) >= 11 is 1.64. The van der Waals surface area contributed by atoms with E-state index in [0.717, 1.165) is 10.6 Å². The Morgan fingerprint density at radius 1 is 1.08 bits per heavy atom. The van der Waals surface area contributed by atoms with E-state index in [9.17, 15) is 4.79 Å². The minimum Gasteiger partial charge on any atom is -0.497 e. The maximum atomic E-state index is 13.2. The molecule has 0 atom stereocenters. The predicted molar refractivity (Wildman–Crippen MR) is 99.5 cm³/mol. The van der Waals surface area contributed by atoms with Crippen LogP contribution < -0.4 is 4.74 Å². The number of carbonyl (C=O) groups is 1. The summed E-state index contributed by atoms with van der Waals surface area (Å²) in [4.78, 5) is 14.1. The minimum atomic E-state index is 0.122. The Balaban J connectivity index is 1.85. The topological polar surface area (TPSA) is 26.3 Å². The Morgan fingerprint density at radius 2 is 1.88 bits per heavy atom. The summed E-state index contributed by atoms with van der Waals surface area (Å²) in [6, 6.07) is 15.9. The van der Waals surface area contributed by atoms with Crippen molar-refractivity contribution < 1.29 is 9.53 Å². The number of hydrogen-bond acceptors (Lipinski definition) is 3. The molecule has 0 N–H and O–H groups in total. The van der Waals surface area contributed by atoms with Gasteiger partial charge in [0, 0.05) is 10.3 Å². The first-order valence-corrected chi connectivity index (χ1v) is 9.30. The smallest absolute Gasteiger partial charge is 0.203 e. The minimum absolute atomic E-state index is 0.122. The van der Waals surface area contributed by atoms with E-state index in [4.69, 9.17) is 4.74 Å². The van der Waals surface area contributed by atoms with Gasteiger partial charge < -0.3 is 4.74 Å². The van der Waals surface area contributed by atoms with E-state index in [1.165, 1.54) is 41.3 Å². The third kappa shape index (κ3) is 2.63.